The van der Waals surface area contributed by atoms with Gasteiger partial charge in [-0.3, -0.25) is 4.90 Å². The van der Waals surface area contributed by atoms with E-state index in [1.54, 1.807) is 4.90 Å². The first kappa shape index (κ1) is 10.7. The predicted octanol–water partition coefficient (Wildman–Crippen LogP) is 1.52. The van der Waals surface area contributed by atoms with Crippen molar-refractivity contribution in [3.05, 3.63) is 0 Å². The molecular weight excluding hydrogens is 194 g/mol. The highest BCUT2D eigenvalue weighted by molar-refractivity contribution is 5.70. The smallest absolute Gasteiger partial charge is 0.410 e. The molecule has 1 amide bonds. The van der Waals surface area contributed by atoms with Gasteiger partial charge in [-0.2, -0.15) is 0 Å². The molecule has 4 nitrogen and oxygen atoms in total. The molecule has 0 aromatic rings. The maximum atomic E-state index is 11.9. The van der Waals surface area contributed by atoms with E-state index in [1.165, 1.54) is 0 Å². The first-order valence-electron chi connectivity index (χ1n) is 5.58. The highest BCUT2D eigenvalue weighted by atomic mass is 16.6. The van der Waals surface area contributed by atoms with Crippen LogP contribution in [-0.2, 0) is 4.74 Å². The number of hydrogen-bond acceptors (Lipinski definition) is 3. The van der Waals surface area contributed by atoms with Gasteiger partial charge in [0, 0.05) is 6.04 Å². The predicted molar refractivity (Wildman–Crippen MR) is 55.5 cm³/mol. The maximum Gasteiger partial charge on any atom is 0.410 e. The summed E-state index contributed by atoms with van der Waals surface area (Å²) in [7, 11) is 0. The molecule has 2 aliphatic heterocycles. The largest absolute Gasteiger partial charge is 0.444 e. The molecule has 1 N–H and O–H groups in total. The van der Waals surface area contributed by atoms with E-state index in [2.05, 4.69) is 0 Å². The lowest BCUT2D eigenvalue weighted by Crippen LogP contribution is -2.41. The number of rotatable bonds is 0. The minimum Gasteiger partial charge on any atom is -0.444 e. The van der Waals surface area contributed by atoms with E-state index >= 15 is 0 Å². The van der Waals surface area contributed by atoms with Gasteiger partial charge < -0.3 is 9.84 Å². The summed E-state index contributed by atoms with van der Waals surface area (Å²) >= 11 is 0. The SMILES string of the molecule is CC(C)(C)OC(=O)N1C2CCC1C(O)C2. The van der Waals surface area contributed by atoms with Gasteiger partial charge in [-0.15, -0.1) is 0 Å². The molecule has 0 saturated carbocycles. The van der Waals surface area contributed by atoms with Crippen molar-refractivity contribution < 1.29 is 14.6 Å². The highest BCUT2D eigenvalue weighted by Crippen LogP contribution is 2.38. The van der Waals surface area contributed by atoms with E-state index < -0.39 is 5.60 Å². The molecule has 2 saturated heterocycles. The summed E-state index contributed by atoms with van der Waals surface area (Å²) in [5.41, 5.74) is -0.454. The molecule has 0 aromatic carbocycles. The van der Waals surface area contributed by atoms with Gasteiger partial charge in [-0.05, 0) is 40.0 Å². The zero-order chi connectivity index (χ0) is 11.2. The van der Waals surface area contributed by atoms with Crippen LogP contribution in [0.2, 0.25) is 0 Å². The summed E-state index contributed by atoms with van der Waals surface area (Å²) in [5, 5.41) is 9.69. The number of nitrogens with zero attached hydrogens (tertiary/aromatic N) is 1. The van der Waals surface area contributed by atoms with Crippen LogP contribution < -0.4 is 0 Å². The first-order valence-corrected chi connectivity index (χ1v) is 5.58. The fourth-order valence-electron chi connectivity index (χ4n) is 2.56. The van der Waals surface area contributed by atoms with Crippen molar-refractivity contribution >= 4 is 6.09 Å². The molecule has 0 aliphatic carbocycles. The summed E-state index contributed by atoms with van der Waals surface area (Å²) < 4.78 is 5.33. The van der Waals surface area contributed by atoms with E-state index in [0.717, 1.165) is 12.8 Å². The Hall–Kier alpha value is -0.770. The number of hydrogen-bond donors (Lipinski definition) is 1. The minimum absolute atomic E-state index is 0.00940. The van der Waals surface area contributed by atoms with Gasteiger partial charge in [0.25, 0.3) is 0 Å². The molecule has 15 heavy (non-hydrogen) atoms. The van der Waals surface area contributed by atoms with Crippen LogP contribution in [0.5, 0.6) is 0 Å². The van der Waals surface area contributed by atoms with Crippen molar-refractivity contribution in [1.29, 1.82) is 0 Å². The number of aliphatic hydroxyl groups excluding tert-OH is 1. The van der Waals surface area contributed by atoms with E-state index in [9.17, 15) is 9.90 Å². The van der Waals surface area contributed by atoms with Crippen LogP contribution in [0.1, 0.15) is 40.0 Å². The van der Waals surface area contributed by atoms with Gasteiger partial charge in [-0.25, -0.2) is 4.79 Å². The number of carbonyl (C=O) groups is 1. The van der Waals surface area contributed by atoms with Crippen LogP contribution in [0.15, 0.2) is 0 Å². The van der Waals surface area contributed by atoms with Crippen LogP contribution in [0.25, 0.3) is 0 Å². The number of ether oxygens (including phenoxy) is 1. The van der Waals surface area contributed by atoms with Gasteiger partial charge in [-0.1, -0.05) is 0 Å². The van der Waals surface area contributed by atoms with Crippen molar-refractivity contribution in [3.63, 3.8) is 0 Å². The third-order valence-corrected chi connectivity index (χ3v) is 3.11. The molecule has 2 rings (SSSR count). The summed E-state index contributed by atoms with van der Waals surface area (Å²) in [6, 6.07) is 0.185. The monoisotopic (exact) mass is 213 g/mol. The van der Waals surface area contributed by atoms with Crippen LogP contribution in [0.3, 0.4) is 0 Å². The second-order valence-corrected chi connectivity index (χ2v) is 5.49. The van der Waals surface area contributed by atoms with Crippen molar-refractivity contribution in [2.75, 3.05) is 0 Å². The summed E-state index contributed by atoms with van der Waals surface area (Å²) in [6.07, 6.45) is 2.00. The average molecular weight is 213 g/mol. The second-order valence-electron chi connectivity index (χ2n) is 5.49. The van der Waals surface area contributed by atoms with Gasteiger partial charge in [0.05, 0.1) is 12.1 Å². The minimum atomic E-state index is -0.454. The fraction of sp³-hybridized carbons (Fsp3) is 0.909. The van der Waals surface area contributed by atoms with Gasteiger partial charge in [0.1, 0.15) is 5.60 Å². The van der Waals surface area contributed by atoms with Crippen LogP contribution in [0, 0.1) is 0 Å². The van der Waals surface area contributed by atoms with Crippen molar-refractivity contribution in [3.8, 4) is 0 Å². The van der Waals surface area contributed by atoms with Crippen LogP contribution in [-0.4, -0.2) is 39.9 Å². The molecule has 3 atom stereocenters. The highest BCUT2D eigenvalue weighted by Gasteiger charge is 2.49. The molecule has 4 heteroatoms. The molecule has 2 heterocycles. The molecule has 2 fully saturated rings. The van der Waals surface area contributed by atoms with Crippen LogP contribution in [0.4, 0.5) is 4.79 Å². The van der Waals surface area contributed by atoms with Crippen LogP contribution >= 0.6 is 0 Å². The Morgan fingerprint density at radius 2 is 2.07 bits per heavy atom. The Morgan fingerprint density at radius 1 is 1.40 bits per heavy atom. The summed E-state index contributed by atoms with van der Waals surface area (Å²) in [6.45, 7) is 5.58. The lowest BCUT2D eigenvalue weighted by atomic mass is 9.98. The molecule has 3 unspecified atom stereocenters. The lowest BCUT2D eigenvalue weighted by molar-refractivity contribution is 0.0170. The Balaban J connectivity index is 2.03. The Kier molecular flexibility index (Phi) is 2.41. The number of fused-ring (bicyclic) bond motifs is 2. The molecule has 2 bridgehead atoms. The van der Waals surface area contributed by atoms with E-state index in [4.69, 9.17) is 4.74 Å². The Morgan fingerprint density at radius 3 is 2.47 bits per heavy atom. The Labute approximate surface area is 90.2 Å². The maximum absolute atomic E-state index is 11.9. The molecule has 0 aromatic heterocycles. The van der Waals surface area contributed by atoms with Gasteiger partial charge in [0.15, 0.2) is 0 Å². The molecule has 0 spiro atoms. The van der Waals surface area contributed by atoms with Gasteiger partial charge >= 0.3 is 6.09 Å². The van der Waals surface area contributed by atoms with Crippen molar-refractivity contribution in [1.82, 2.24) is 4.90 Å². The van der Waals surface area contributed by atoms with Crippen molar-refractivity contribution in [2.24, 2.45) is 0 Å². The first-order chi connectivity index (χ1) is 6.88. The van der Waals surface area contributed by atoms with E-state index in [-0.39, 0.29) is 24.3 Å². The second kappa shape index (κ2) is 3.37. The fourth-order valence-corrected chi connectivity index (χ4v) is 2.56. The van der Waals surface area contributed by atoms with Crippen molar-refractivity contribution in [2.45, 2.75) is 63.8 Å². The Bertz CT molecular complexity index is 271. The third-order valence-electron chi connectivity index (χ3n) is 3.11. The third kappa shape index (κ3) is 1.95. The topological polar surface area (TPSA) is 49.8 Å². The summed E-state index contributed by atoms with van der Waals surface area (Å²) in [5.74, 6) is 0. The quantitative estimate of drug-likeness (QED) is 0.663. The molecule has 86 valence electrons. The average Bonchev–Trinajstić information content (AvgIpc) is 2.55. The normalized spacial score (nSPS) is 34.7. The zero-order valence-electron chi connectivity index (χ0n) is 9.56. The number of amides is 1. The van der Waals surface area contributed by atoms with E-state index in [0.29, 0.717) is 6.42 Å². The number of aliphatic hydroxyl groups is 1. The van der Waals surface area contributed by atoms with E-state index in [1.807, 2.05) is 20.8 Å². The molecule has 0 radical (unpaired) electrons. The zero-order valence-corrected chi connectivity index (χ0v) is 9.56. The molecular formula is C11H19NO3. The van der Waals surface area contributed by atoms with Gasteiger partial charge in [0.2, 0.25) is 0 Å². The summed E-state index contributed by atoms with van der Waals surface area (Å²) in [4.78, 5) is 13.6. The standard InChI is InChI=1S/C11H19NO3/c1-11(2,3)15-10(14)12-7-4-5-8(12)9(13)6-7/h7-9,13H,4-6H2,1-3H3. The lowest BCUT2D eigenvalue weighted by Gasteiger charge is -2.27. The molecule has 2 aliphatic rings. The number of carbonyl (C=O) groups excluding carboxylic acids is 1.